The maximum Gasteiger partial charge on any atom is 0.244 e. The fourth-order valence-electron chi connectivity index (χ4n) is 2.82. The molecule has 2 heterocycles. The molecule has 30 heavy (non-hydrogen) atoms. The Bertz CT molecular complexity index is 897. The molecule has 3 rings (SSSR count). The van der Waals surface area contributed by atoms with Crippen LogP contribution in [0.1, 0.15) is 5.56 Å². The summed E-state index contributed by atoms with van der Waals surface area (Å²) in [6.45, 7) is 3.64. The third kappa shape index (κ3) is 6.43. The summed E-state index contributed by atoms with van der Waals surface area (Å²) >= 11 is 6.20. The minimum absolute atomic E-state index is 0.0146. The first-order valence-corrected chi connectivity index (χ1v) is 10.0. The van der Waals surface area contributed by atoms with Crippen LogP contribution < -0.4 is 21.7 Å². The normalized spacial score (nSPS) is 14.7. The number of carbonyl (C=O) groups is 1. The number of carbonyl (C=O) groups excluding carboxylic acids is 1. The second-order valence-electron chi connectivity index (χ2n) is 6.58. The van der Waals surface area contributed by atoms with E-state index in [0.29, 0.717) is 42.1 Å². The van der Waals surface area contributed by atoms with Gasteiger partial charge in [-0.25, -0.2) is 4.98 Å². The van der Waals surface area contributed by atoms with Crippen molar-refractivity contribution in [2.75, 3.05) is 43.4 Å². The lowest BCUT2D eigenvalue weighted by molar-refractivity contribution is -0.130. The van der Waals surface area contributed by atoms with E-state index in [-0.39, 0.29) is 12.5 Å². The highest BCUT2D eigenvalue weighted by atomic mass is 35.5. The predicted octanol–water partition coefficient (Wildman–Crippen LogP) is 1.46. The van der Waals surface area contributed by atoms with Gasteiger partial charge in [-0.2, -0.15) is 4.98 Å². The summed E-state index contributed by atoms with van der Waals surface area (Å²) in [5.41, 5.74) is 7.24. The summed E-state index contributed by atoms with van der Waals surface area (Å²) in [5, 5.41) is 9.79. The van der Waals surface area contributed by atoms with Crippen molar-refractivity contribution in [2.24, 2.45) is 10.7 Å². The molecule has 1 aromatic carbocycles. The van der Waals surface area contributed by atoms with E-state index in [0.717, 1.165) is 18.7 Å². The van der Waals surface area contributed by atoms with Gasteiger partial charge >= 0.3 is 0 Å². The lowest BCUT2D eigenvalue weighted by Crippen LogP contribution is -2.47. The molecule has 1 fully saturated rings. The van der Waals surface area contributed by atoms with E-state index >= 15 is 0 Å². The highest BCUT2D eigenvalue weighted by molar-refractivity contribution is 6.32. The summed E-state index contributed by atoms with van der Waals surface area (Å²) in [6.07, 6.45) is 4.34. The summed E-state index contributed by atoms with van der Waals surface area (Å²) in [5.74, 6) is 0.797. The molecule has 10 heteroatoms. The SMILES string of the molecule is N/C=C(\C=NCC(=O)N1CCNCC1)Nc1ncc(Cl)c(NCc2ccccc2)n1. The second-order valence-corrected chi connectivity index (χ2v) is 6.98. The molecule has 1 aromatic heterocycles. The number of nitrogens with one attached hydrogen (secondary N) is 3. The van der Waals surface area contributed by atoms with Gasteiger partial charge in [0.25, 0.3) is 0 Å². The number of aromatic nitrogens is 2. The van der Waals surface area contributed by atoms with Crippen LogP contribution in [0.5, 0.6) is 0 Å². The van der Waals surface area contributed by atoms with Gasteiger partial charge in [0.05, 0.1) is 11.9 Å². The monoisotopic (exact) mass is 428 g/mol. The van der Waals surface area contributed by atoms with Gasteiger partial charge in [0.1, 0.15) is 11.6 Å². The Kier molecular flexibility index (Phi) is 7.99. The molecule has 0 bridgehead atoms. The average molecular weight is 429 g/mol. The number of amides is 1. The molecule has 0 unspecified atom stereocenters. The molecule has 9 nitrogen and oxygen atoms in total. The van der Waals surface area contributed by atoms with E-state index in [1.54, 1.807) is 4.90 Å². The van der Waals surface area contributed by atoms with Crippen LogP contribution in [0.25, 0.3) is 0 Å². The number of aliphatic imine (C=N–C) groups is 1. The van der Waals surface area contributed by atoms with Gasteiger partial charge in [-0.05, 0) is 5.56 Å². The highest BCUT2D eigenvalue weighted by Crippen LogP contribution is 2.20. The van der Waals surface area contributed by atoms with E-state index in [1.807, 2.05) is 30.3 Å². The number of benzene rings is 1. The van der Waals surface area contributed by atoms with E-state index < -0.39 is 0 Å². The smallest absolute Gasteiger partial charge is 0.244 e. The van der Waals surface area contributed by atoms with Gasteiger partial charge in [0, 0.05) is 45.1 Å². The lowest BCUT2D eigenvalue weighted by atomic mass is 10.2. The summed E-state index contributed by atoms with van der Waals surface area (Å²) in [4.78, 5) is 26.7. The van der Waals surface area contributed by atoms with Gasteiger partial charge in [-0.1, -0.05) is 41.9 Å². The number of rotatable bonds is 8. The number of allylic oxidation sites excluding steroid dienone is 1. The van der Waals surface area contributed by atoms with Gasteiger partial charge in [0.15, 0.2) is 5.82 Å². The maximum absolute atomic E-state index is 12.2. The van der Waals surface area contributed by atoms with E-state index in [2.05, 4.69) is 30.9 Å². The predicted molar refractivity (Wildman–Crippen MR) is 120 cm³/mol. The number of anilines is 2. The molecule has 0 atom stereocenters. The van der Waals surface area contributed by atoms with Crippen LogP contribution >= 0.6 is 11.6 Å². The Labute approximate surface area is 180 Å². The molecule has 0 spiro atoms. The van der Waals surface area contributed by atoms with Crippen molar-refractivity contribution < 1.29 is 4.79 Å². The van der Waals surface area contributed by atoms with Crippen LogP contribution in [-0.2, 0) is 11.3 Å². The summed E-state index contributed by atoms with van der Waals surface area (Å²) in [7, 11) is 0. The molecule has 2 aromatic rings. The zero-order chi connectivity index (χ0) is 21.2. The van der Waals surface area contributed by atoms with E-state index in [4.69, 9.17) is 17.3 Å². The fourth-order valence-corrected chi connectivity index (χ4v) is 2.97. The van der Waals surface area contributed by atoms with Crippen molar-refractivity contribution in [3.63, 3.8) is 0 Å². The van der Waals surface area contributed by atoms with Crippen LogP contribution in [0, 0.1) is 0 Å². The minimum atomic E-state index is -0.0146. The summed E-state index contributed by atoms with van der Waals surface area (Å²) < 4.78 is 0. The molecule has 0 aliphatic carbocycles. The van der Waals surface area contributed by atoms with Crippen LogP contribution in [0.15, 0.2) is 53.4 Å². The largest absolute Gasteiger partial charge is 0.403 e. The van der Waals surface area contributed by atoms with Crippen LogP contribution in [-0.4, -0.2) is 59.7 Å². The number of hydrogen-bond donors (Lipinski definition) is 4. The van der Waals surface area contributed by atoms with Crippen molar-refractivity contribution in [1.29, 1.82) is 0 Å². The first-order chi connectivity index (χ1) is 14.7. The number of nitrogens with zero attached hydrogens (tertiary/aromatic N) is 4. The number of nitrogens with two attached hydrogens (primary N) is 1. The minimum Gasteiger partial charge on any atom is -0.403 e. The Morgan fingerprint density at radius 1 is 1.30 bits per heavy atom. The molecule has 158 valence electrons. The third-order valence-corrected chi connectivity index (χ3v) is 4.69. The molecule has 1 aliphatic heterocycles. The number of hydrogen-bond acceptors (Lipinski definition) is 8. The third-order valence-electron chi connectivity index (χ3n) is 4.41. The molecule has 1 amide bonds. The van der Waals surface area contributed by atoms with Crippen molar-refractivity contribution in [1.82, 2.24) is 20.2 Å². The molecule has 0 saturated carbocycles. The van der Waals surface area contributed by atoms with Crippen molar-refractivity contribution in [3.8, 4) is 0 Å². The Balaban J connectivity index is 1.56. The lowest BCUT2D eigenvalue weighted by Gasteiger charge is -2.26. The zero-order valence-electron chi connectivity index (χ0n) is 16.5. The Morgan fingerprint density at radius 3 is 2.80 bits per heavy atom. The fraction of sp³-hybridized carbons (Fsp3) is 0.300. The Hall–Kier alpha value is -3.17. The van der Waals surface area contributed by atoms with Gasteiger partial charge < -0.3 is 26.6 Å². The topological polar surface area (TPSA) is 121 Å². The van der Waals surface area contributed by atoms with Gasteiger partial charge in [-0.3, -0.25) is 9.79 Å². The molecule has 0 radical (unpaired) electrons. The standard InChI is InChI=1S/C20H25ClN8O/c21-17-13-26-20(28-19(17)25-11-15-4-2-1-3-5-15)27-16(10-22)12-24-14-18(30)29-8-6-23-7-9-29/h1-5,10,12-13,23H,6-9,11,14,22H2,(H2,25,26,27,28)/b16-10+,24-12?. The van der Waals surface area contributed by atoms with Crippen molar-refractivity contribution in [3.05, 3.63) is 59.0 Å². The van der Waals surface area contributed by atoms with Gasteiger partial charge in [0.2, 0.25) is 11.9 Å². The van der Waals surface area contributed by atoms with Gasteiger partial charge in [-0.15, -0.1) is 0 Å². The maximum atomic E-state index is 12.2. The van der Waals surface area contributed by atoms with Crippen LogP contribution in [0.2, 0.25) is 5.02 Å². The van der Waals surface area contributed by atoms with Crippen molar-refractivity contribution in [2.45, 2.75) is 6.54 Å². The van der Waals surface area contributed by atoms with E-state index in [9.17, 15) is 4.79 Å². The van der Waals surface area contributed by atoms with Crippen LogP contribution in [0.4, 0.5) is 11.8 Å². The summed E-state index contributed by atoms with van der Waals surface area (Å²) in [6, 6.07) is 9.92. The average Bonchev–Trinajstić information content (AvgIpc) is 2.79. The molecular weight excluding hydrogens is 404 g/mol. The van der Waals surface area contributed by atoms with Crippen molar-refractivity contribution >= 4 is 35.5 Å². The number of halogens is 1. The highest BCUT2D eigenvalue weighted by Gasteiger charge is 2.15. The first kappa shape index (κ1) is 21.5. The number of piperazine rings is 1. The molecular formula is C20H25ClN8O. The molecule has 1 aliphatic rings. The molecule has 1 saturated heterocycles. The van der Waals surface area contributed by atoms with Crippen LogP contribution in [0.3, 0.4) is 0 Å². The second kappa shape index (κ2) is 11.1. The first-order valence-electron chi connectivity index (χ1n) is 9.63. The zero-order valence-corrected chi connectivity index (χ0v) is 17.3. The van der Waals surface area contributed by atoms with E-state index in [1.165, 1.54) is 18.6 Å². The molecule has 5 N–H and O–H groups in total. The quantitative estimate of drug-likeness (QED) is 0.469. The Morgan fingerprint density at radius 2 is 2.07 bits per heavy atom.